The molecule has 0 spiro atoms. The number of nitriles is 1. The molecule has 5 rings (SSSR count). The standard InChI is InChI=1S/C30H19N3O5/c31-18-19-13-14-25(24(15-19)30(35)36)32-29(34)26-17-28(38-33-26)23-11-4-5-12-27(23)37-22-10-6-9-21(16-22)20-7-2-1-3-8-20/h1-17H,(H,32,34)(H,35,36). The molecule has 0 atom stereocenters. The molecule has 0 fully saturated rings. The molecule has 0 bridgehead atoms. The van der Waals surface area contributed by atoms with Crippen LogP contribution in [0.15, 0.2) is 108 Å². The molecule has 4 aromatic carbocycles. The smallest absolute Gasteiger partial charge is 0.337 e. The van der Waals surface area contributed by atoms with Gasteiger partial charge in [-0.15, -0.1) is 0 Å². The van der Waals surface area contributed by atoms with Gasteiger partial charge in [0.05, 0.1) is 28.4 Å². The van der Waals surface area contributed by atoms with Gasteiger partial charge in [0.1, 0.15) is 11.5 Å². The van der Waals surface area contributed by atoms with E-state index in [2.05, 4.69) is 10.5 Å². The fourth-order valence-electron chi connectivity index (χ4n) is 3.85. The highest BCUT2D eigenvalue weighted by atomic mass is 16.5. The van der Waals surface area contributed by atoms with E-state index in [1.54, 1.807) is 18.2 Å². The van der Waals surface area contributed by atoms with Crippen LogP contribution in [0.3, 0.4) is 0 Å². The first-order valence-corrected chi connectivity index (χ1v) is 11.5. The quantitative estimate of drug-likeness (QED) is 0.257. The number of nitrogens with zero attached hydrogens (tertiary/aromatic N) is 2. The van der Waals surface area contributed by atoms with Crippen molar-refractivity contribution in [2.24, 2.45) is 0 Å². The molecule has 0 unspecified atom stereocenters. The number of aromatic nitrogens is 1. The highest BCUT2D eigenvalue weighted by Crippen LogP contribution is 2.35. The first-order chi connectivity index (χ1) is 18.5. The molecule has 0 aliphatic rings. The lowest BCUT2D eigenvalue weighted by Gasteiger charge is -2.10. The van der Waals surface area contributed by atoms with Gasteiger partial charge >= 0.3 is 5.97 Å². The molecule has 8 heteroatoms. The number of rotatable bonds is 7. The Morgan fingerprint density at radius 3 is 2.42 bits per heavy atom. The molecule has 184 valence electrons. The largest absolute Gasteiger partial charge is 0.478 e. The van der Waals surface area contributed by atoms with Gasteiger partial charge < -0.3 is 19.7 Å². The topological polar surface area (TPSA) is 125 Å². The van der Waals surface area contributed by atoms with E-state index < -0.39 is 11.9 Å². The second kappa shape index (κ2) is 10.5. The Hall–Kier alpha value is -5.68. The van der Waals surface area contributed by atoms with Gasteiger partial charge in [-0.1, -0.05) is 59.8 Å². The number of ether oxygens (including phenoxy) is 1. The third-order valence-electron chi connectivity index (χ3n) is 5.69. The molecule has 8 nitrogen and oxygen atoms in total. The van der Waals surface area contributed by atoms with E-state index in [0.29, 0.717) is 22.8 Å². The molecule has 0 radical (unpaired) electrons. The lowest BCUT2D eigenvalue weighted by atomic mass is 10.1. The highest BCUT2D eigenvalue weighted by Gasteiger charge is 2.19. The fraction of sp³-hybridized carbons (Fsp3) is 0. The predicted molar refractivity (Wildman–Crippen MR) is 140 cm³/mol. The van der Waals surface area contributed by atoms with Crippen molar-refractivity contribution in [3.8, 4) is 40.0 Å². The van der Waals surface area contributed by atoms with Crippen LogP contribution in [0, 0.1) is 11.3 Å². The van der Waals surface area contributed by atoms with Crippen molar-refractivity contribution in [2.45, 2.75) is 0 Å². The Balaban J connectivity index is 1.38. The Bertz CT molecular complexity index is 1690. The average molecular weight is 501 g/mol. The van der Waals surface area contributed by atoms with Gasteiger partial charge in [0, 0.05) is 6.07 Å². The number of carbonyl (C=O) groups excluding carboxylic acids is 1. The molecule has 1 heterocycles. The summed E-state index contributed by atoms with van der Waals surface area (Å²) in [6.07, 6.45) is 0. The van der Waals surface area contributed by atoms with Gasteiger partial charge in [0.25, 0.3) is 5.91 Å². The van der Waals surface area contributed by atoms with Crippen LogP contribution >= 0.6 is 0 Å². The van der Waals surface area contributed by atoms with Crippen molar-refractivity contribution in [2.75, 3.05) is 5.32 Å². The van der Waals surface area contributed by atoms with Crippen molar-refractivity contribution in [1.29, 1.82) is 5.26 Å². The number of amides is 1. The number of hydrogen-bond acceptors (Lipinski definition) is 6. The van der Waals surface area contributed by atoms with Gasteiger partial charge in [-0.25, -0.2) is 4.79 Å². The van der Waals surface area contributed by atoms with E-state index in [1.165, 1.54) is 24.3 Å². The molecule has 1 aromatic heterocycles. The third-order valence-corrected chi connectivity index (χ3v) is 5.69. The van der Waals surface area contributed by atoms with E-state index in [4.69, 9.17) is 14.5 Å². The van der Waals surface area contributed by atoms with Crippen molar-refractivity contribution in [3.05, 3.63) is 120 Å². The number of anilines is 1. The molecule has 1 amide bonds. The van der Waals surface area contributed by atoms with Crippen molar-refractivity contribution >= 4 is 17.6 Å². The normalized spacial score (nSPS) is 10.4. The van der Waals surface area contributed by atoms with E-state index in [-0.39, 0.29) is 22.5 Å². The summed E-state index contributed by atoms with van der Waals surface area (Å²) in [5, 5.41) is 24.8. The van der Waals surface area contributed by atoms with E-state index >= 15 is 0 Å². The van der Waals surface area contributed by atoms with Crippen LogP contribution in [-0.4, -0.2) is 22.1 Å². The lowest BCUT2D eigenvalue weighted by Crippen LogP contribution is -2.15. The van der Waals surface area contributed by atoms with Gasteiger partial charge in [0.15, 0.2) is 11.5 Å². The second-order valence-electron chi connectivity index (χ2n) is 8.20. The summed E-state index contributed by atoms with van der Waals surface area (Å²) < 4.78 is 11.6. The van der Waals surface area contributed by atoms with Crippen LogP contribution in [0.2, 0.25) is 0 Å². The van der Waals surface area contributed by atoms with Gasteiger partial charge in [0.2, 0.25) is 0 Å². The van der Waals surface area contributed by atoms with E-state index in [1.807, 2.05) is 66.7 Å². The molecular weight excluding hydrogens is 482 g/mol. The fourth-order valence-corrected chi connectivity index (χ4v) is 3.85. The number of carboxylic acid groups (broad SMARTS) is 1. The lowest BCUT2D eigenvalue weighted by molar-refractivity contribution is 0.0698. The number of benzene rings is 4. The van der Waals surface area contributed by atoms with Crippen LogP contribution in [0.1, 0.15) is 26.4 Å². The molecule has 0 saturated carbocycles. The monoisotopic (exact) mass is 501 g/mol. The molecular formula is C30H19N3O5. The van der Waals surface area contributed by atoms with Crippen molar-refractivity contribution < 1.29 is 24.0 Å². The Morgan fingerprint density at radius 2 is 1.63 bits per heavy atom. The van der Waals surface area contributed by atoms with Crippen LogP contribution in [0.5, 0.6) is 11.5 Å². The molecule has 0 saturated heterocycles. The number of hydrogen-bond donors (Lipinski definition) is 2. The number of carboxylic acids is 1. The average Bonchev–Trinajstić information content (AvgIpc) is 3.44. The molecule has 0 aliphatic carbocycles. The maximum Gasteiger partial charge on any atom is 0.337 e. The van der Waals surface area contributed by atoms with Crippen LogP contribution < -0.4 is 10.1 Å². The SMILES string of the molecule is N#Cc1ccc(NC(=O)c2cc(-c3ccccc3Oc3cccc(-c4ccccc4)c3)on2)c(C(=O)O)c1. The van der Waals surface area contributed by atoms with Crippen molar-refractivity contribution in [3.63, 3.8) is 0 Å². The minimum Gasteiger partial charge on any atom is -0.478 e. The van der Waals surface area contributed by atoms with Crippen molar-refractivity contribution in [1.82, 2.24) is 5.16 Å². The first-order valence-electron chi connectivity index (χ1n) is 11.5. The Labute approximate surface area is 217 Å². The zero-order valence-corrected chi connectivity index (χ0v) is 19.8. The van der Waals surface area contributed by atoms with Gasteiger partial charge in [-0.2, -0.15) is 5.26 Å². The Kier molecular flexibility index (Phi) is 6.65. The minimum absolute atomic E-state index is 0.0353. The molecule has 5 aromatic rings. The van der Waals surface area contributed by atoms with Crippen LogP contribution in [-0.2, 0) is 0 Å². The van der Waals surface area contributed by atoms with Crippen LogP contribution in [0.4, 0.5) is 5.69 Å². The number of para-hydroxylation sites is 1. The number of nitrogens with one attached hydrogen (secondary N) is 1. The minimum atomic E-state index is -1.28. The highest BCUT2D eigenvalue weighted by molar-refractivity contribution is 6.07. The van der Waals surface area contributed by atoms with E-state index in [0.717, 1.165) is 11.1 Å². The predicted octanol–water partition coefficient (Wildman–Crippen LogP) is 6.62. The summed E-state index contributed by atoms with van der Waals surface area (Å²) in [6, 6.07) is 32.1. The summed E-state index contributed by atoms with van der Waals surface area (Å²) in [5.74, 6) is -0.524. The summed E-state index contributed by atoms with van der Waals surface area (Å²) in [4.78, 5) is 24.4. The molecule has 2 N–H and O–H groups in total. The summed E-state index contributed by atoms with van der Waals surface area (Å²) >= 11 is 0. The summed E-state index contributed by atoms with van der Waals surface area (Å²) in [6.45, 7) is 0. The second-order valence-corrected chi connectivity index (χ2v) is 8.20. The molecule has 0 aliphatic heterocycles. The van der Waals surface area contributed by atoms with Gasteiger partial charge in [-0.05, 0) is 53.6 Å². The zero-order valence-electron chi connectivity index (χ0n) is 19.8. The Morgan fingerprint density at radius 1 is 0.868 bits per heavy atom. The maximum absolute atomic E-state index is 12.8. The van der Waals surface area contributed by atoms with E-state index in [9.17, 15) is 14.7 Å². The number of aromatic carboxylic acids is 1. The van der Waals surface area contributed by atoms with Gasteiger partial charge in [-0.3, -0.25) is 4.79 Å². The van der Waals surface area contributed by atoms with Crippen LogP contribution in [0.25, 0.3) is 22.5 Å². The third kappa shape index (κ3) is 5.12. The number of carbonyl (C=O) groups is 2. The first kappa shape index (κ1) is 24.0. The molecule has 38 heavy (non-hydrogen) atoms. The zero-order chi connectivity index (χ0) is 26.5. The summed E-state index contributed by atoms with van der Waals surface area (Å²) in [5.41, 5.74) is 2.57. The summed E-state index contributed by atoms with van der Waals surface area (Å²) in [7, 11) is 0. The maximum atomic E-state index is 12.8.